The average Bonchev–Trinajstić information content (AvgIpc) is 2.76. The molecule has 4 nitrogen and oxygen atoms in total. The summed E-state index contributed by atoms with van der Waals surface area (Å²) in [6, 6.07) is 16.1. The van der Waals surface area contributed by atoms with E-state index >= 15 is 0 Å². The van der Waals surface area contributed by atoms with Gasteiger partial charge in [0.2, 0.25) is 0 Å². The maximum absolute atomic E-state index is 9.84. The van der Waals surface area contributed by atoms with Crippen molar-refractivity contribution in [2.24, 2.45) is 5.92 Å². The van der Waals surface area contributed by atoms with Gasteiger partial charge >= 0.3 is 0 Å². The first-order valence-corrected chi connectivity index (χ1v) is 10.6. The van der Waals surface area contributed by atoms with Gasteiger partial charge in [0.1, 0.15) is 30.8 Å². The second kappa shape index (κ2) is 11.9. The third kappa shape index (κ3) is 7.25. The largest absolute Gasteiger partial charge is 0.493 e. The zero-order valence-corrected chi connectivity index (χ0v) is 18.7. The Morgan fingerprint density at radius 1 is 0.933 bits per heavy atom. The average molecular weight is 431 g/mol. The fourth-order valence-corrected chi connectivity index (χ4v) is 2.97. The lowest BCUT2D eigenvalue weighted by Gasteiger charge is -2.26. The van der Waals surface area contributed by atoms with E-state index in [0.717, 1.165) is 11.3 Å². The van der Waals surface area contributed by atoms with Crippen molar-refractivity contribution in [1.29, 1.82) is 0 Å². The highest BCUT2D eigenvalue weighted by Gasteiger charge is 2.23. The molecule has 0 bridgehead atoms. The molecule has 0 heterocycles. The number of alkyl halides is 1. The molecule has 0 amide bonds. The van der Waals surface area contributed by atoms with Crippen molar-refractivity contribution in [3.8, 4) is 23.8 Å². The molecule has 1 N–H and O–H groups in total. The normalized spacial score (nSPS) is 13.3. The van der Waals surface area contributed by atoms with Crippen LogP contribution in [0.4, 0.5) is 0 Å². The van der Waals surface area contributed by atoms with Crippen LogP contribution < -0.4 is 9.47 Å². The lowest BCUT2D eigenvalue weighted by molar-refractivity contribution is 0.0229. The molecule has 0 aromatic heterocycles. The molecule has 2 aromatic rings. The van der Waals surface area contributed by atoms with Crippen molar-refractivity contribution in [1.82, 2.24) is 0 Å². The fraction of sp³-hybridized carbons (Fsp3) is 0.440. The molecular formula is C25H31ClO4. The van der Waals surface area contributed by atoms with Gasteiger partial charge in [-0.1, -0.05) is 51.0 Å². The molecule has 0 saturated carbocycles. The Morgan fingerprint density at radius 2 is 1.43 bits per heavy atom. The summed E-state index contributed by atoms with van der Waals surface area (Å²) in [4.78, 5) is 0. The second-order valence-electron chi connectivity index (χ2n) is 7.93. The molecule has 0 fully saturated rings. The van der Waals surface area contributed by atoms with Gasteiger partial charge in [0.25, 0.3) is 0 Å². The van der Waals surface area contributed by atoms with E-state index in [1.54, 1.807) is 0 Å². The molecule has 2 aromatic carbocycles. The molecular weight excluding hydrogens is 400 g/mol. The second-order valence-corrected chi connectivity index (χ2v) is 8.24. The topological polar surface area (TPSA) is 47.9 Å². The van der Waals surface area contributed by atoms with Crippen LogP contribution in [-0.2, 0) is 10.2 Å². The van der Waals surface area contributed by atoms with Crippen LogP contribution in [0.1, 0.15) is 31.9 Å². The number of rotatable bonds is 12. The van der Waals surface area contributed by atoms with Crippen molar-refractivity contribution in [2.75, 3.05) is 32.3 Å². The fourth-order valence-electron chi connectivity index (χ4n) is 2.88. The van der Waals surface area contributed by atoms with E-state index in [-0.39, 0.29) is 25.2 Å². The van der Waals surface area contributed by atoms with Crippen molar-refractivity contribution in [3.05, 3.63) is 59.7 Å². The third-order valence-corrected chi connectivity index (χ3v) is 5.41. The van der Waals surface area contributed by atoms with Gasteiger partial charge < -0.3 is 19.3 Å². The maximum atomic E-state index is 9.84. The minimum atomic E-state index is -0.720. The molecule has 0 radical (unpaired) electrons. The van der Waals surface area contributed by atoms with E-state index in [1.807, 2.05) is 36.4 Å². The number of aliphatic hydroxyl groups is 1. The number of hydrogen-bond donors (Lipinski definition) is 1. The van der Waals surface area contributed by atoms with Crippen LogP contribution in [0.2, 0.25) is 0 Å². The first kappa shape index (κ1) is 24.1. The van der Waals surface area contributed by atoms with Crippen LogP contribution in [0, 0.1) is 18.3 Å². The van der Waals surface area contributed by atoms with Crippen molar-refractivity contribution in [2.45, 2.75) is 32.3 Å². The van der Waals surface area contributed by atoms with Gasteiger partial charge in [-0.2, -0.15) is 0 Å². The van der Waals surface area contributed by atoms with E-state index in [9.17, 15) is 5.11 Å². The highest BCUT2D eigenvalue weighted by atomic mass is 35.5. The zero-order valence-electron chi connectivity index (χ0n) is 17.9. The molecule has 2 rings (SSSR count). The van der Waals surface area contributed by atoms with Crippen molar-refractivity contribution >= 4 is 11.6 Å². The van der Waals surface area contributed by atoms with Crippen LogP contribution in [-0.4, -0.2) is 43.5 Å². The summed E-state index contributed by atoms with van der Waals surface area (Å²) in [6.07, 6.45) is 4.39. The quantitative estimate of drug-likeness (QED) is 0.302. The number of hydrogen-bond acceptors (Lipinski definition) is 4. The summed E-state index contributed by atoms with van der Waals surface area (Å²) >= 11 is 5.83. The van der Waals surface area contributed by atoms with Gasteiger partial charge in [0, 0.05) is 17.2 Å². The van der Waals surface area contributed by atoms with E-state index in [2.05, 4.69) is 38.8 Å². The molecule has 0 aliphatic rings. The van der Waals surface area contributed by atoms with Crippen LogP contribution in [0.25, 0.3) is 0 Å². The molecule has 5 heteroatoms. The van der Waals surface area contributed by atoms with E-state index in [0.29, 0.717) is 24.2 Å². The lowest BCUT2D eigenvalue weighted by Crippen LogP contribution is -2.23. The van der Waals surface area contributed by atoms with Crippen LogP contribution in [0.3, 0.4) is 0 Å². The lowest BCUT2D eigenvalue weighted by atomic mass is 9.78. The summed E-state index contributed by atoms with van der Waals surface area (Å²) in [5.41, 5.74) is 2.18. The predicted octanol–water partition coefficient (Wildman–Crippen LogP) is 4.66. The van der Waals surface area contributed by atoms with Crippen molar-refractivity contribution < 1.29 is 19.3 Å². The smallest absolute Gasteiger partial charge is 0.119 e. The van der Waals surface area contributed by atoms with Crippen LogP contribution in [0.15, 0.2) is 48.5 Å². The summed E-state index contributed by atoms with van der Waals surface area (Å²) in [6.45, 7) is 7.52. The first-order valence-electron chi connectivity index (χ1n) is 10.1. The molecule has 0 spiro atoms. The maximum Gasteiger partial charge on any atom is 0.119 e. The monoisotopic (exact) mass is 430 g/mol. The Balaban J connectivity index is 1.95. The van der Waals surface area contributed by atoms with Gasteiger partial charge in [0.05, 0.1) is 13.2 Å². The molecule has 2 atom stereocenters. The summed E-state index contributed by atoms with van der Waals surface area (Å²) in [5.74, 6) is 4.81. The minimum absolute atomic E-state index is 0.150. The molecule has 0 aliphatic carbocycles. The van der Waals surface area contributed by atoms with Gasteiger partial charge in [0.15, 0.2) is 0 Å². The Hall–Kier alpha value is -2.19. The molecule has 162 valence electrons. The van der Waals surface area contributed by atoms with Gasteiger partial charge in [-0.25, -0.2) is 0 Å². The highest BCUT2D eigenvalue weighted by molar-refractivity contribution is 6.18. The standard InChI is InChI=1S/C25H31ClO4/c1-5-14-28-17-22(27)18-30-24-12-8-21(9-13-24)25(3,4)20-6-10-23(11-7-20)29-16-19(2)15-26/h1,6-13,19,22,27H,14-18H2,2-4H3/t19-,22+/m1/s1. The van der Waals surface area contributed by atoms with Gasteiger partial charge in [-0.3, -0.25) is 0 Å². The van der Waals surface area contributed by atoms with E-state index < -0.39 is 6.10 Å². The summed E-state index contributed by atoms with van der Waals surface area (Å²) in [7, 11) is 0. The first-order chi connectivity index (χ1) is 14.4. The van der Waals surface area contributed by atoms with E-state index in [1.165, 1.54) is 5.56 Å². The SMILES string of the molecule is C#CCOC[C@H](O)COc1ccc(C(C)(C)c2ccc(OC[C@H](C)CCl)cc2)cc1. The number of terminal acetylenes is 1. The highest BCUT2D eigenvalue weighted by Crippen LogP contribution is 2.33. The number of aliphatic hydroxyl groups excluding tert-OH is 1. The van der Waals surface area contributed by atoms with Crippen LogP contribution in [0.5, 0.6) is 11.5 Å². The number of halogens is 1. The third-order valence-electron chi connectivity index (χ3n) is 4.89. The van der Waals surface area contributed by atoms with Gasteiger partial charge in [-0.15, -0.1) is 18.0 Å². The molecule has 0 aliphatic heterocycles. The van der Waals surface area contributed by atoms with Gasteiger partial charge in [-0.05, 0) is 35.4 Å². The Morgan fingerprint density at radius 3 is 1.90 bits per heavy atom. The molecule has 0 unspecified atom stereocenters. The molecule has 30 heavy (non-hydrogen) atoms. The summed E-state index contributed by atoms with van der Waals surface area (Å²) < 4.78 is 16.5. The summed E-state index contributed by atoms with van der Waals surface area (Å²) in [5, 5.41) is 9.84. The molecule has 0 saturated heterocycles. The number of ether oxygens (including phenoxy) is 3. The Kier molecular flexibility index (Phi) is 9.52. The predicted molar refractivity (Wildman–Crippen MR) is 122 cm³/mol. The Labute approximate surface area is 185 Å². The Bertz CT molecular complexity index is 793. The minimum Gasteiger partial charge on any atom is -0.493 e. The van der Waals surface area contributed by atoms with Crippen molar-refractivity contribution in [3.63, 3.8) is 0 Å². The van der Waals surface area contributed by atoms with Crippen LogP contribution >= 0.6 is 11.6 Å². The van der Waals surface area contributed by atoms with E-state index in [4.69, 9.17) is 32.2 Å². The zero-order chi connectivity index (χ0) is 22.0. The number of benzene rings is 2.